The minimum atomic E-state index is -3.58. The summed E-state index contributed by atoms with van der Waals surface area (Å²) in [5.74, 6) is 0.286. The average Bonchev–Trinajstić information content (AvgIpc) is 2.32. The second kappa shape index (κ2) is 6.31. The lowest BCUT2D eigenvalue weighted by Crippen LogP contribution is -2.28. The molecule has 7 heteroatoms. The molecule has 0 N–H and O–H groups in total. The van der Waals surface area contributed by atoms with Crippen molar-refractivity contribution in [3.05, 3.63) is 28.8 Å². The van der Waals surface area contributed by atoms with Gasteiger partial charge in [-0.25, -0.2) is 8.42 Å². The average molecular weight is 325 g/mol. The molecule has 0 spiro atoms. The first-order chi connectivity index (χ1) is 8.94. The fourth-order valence-corrected chi connectivity index (χ4v) is 3.12. The van der Waals surface area contributed by atoms with Crippen LogP contribution in [0, 0.1) is 0 Å². The molecule has 1 aromatic rings. The van der Waals surface area contributed by atoms with Gasteiger partial charge in [0.05, 0.1) is 17.4 Å². The number of hydrogen-bond acceptors (Lipinski definition) is 4. The van der Waals surface area contributed by atoms with E-state index in [0.29, 0.717) is 22.9 Å². The highest BCUT2D eigenvalue weighted by Crippen LogP contribution is 2.28. The normalized spacial score (nSPS) is 20.2. The molecule has 0 radical (unpaired) electrons. The van der Waals surface area contributed by atoms with Crippen LogP contribution in [0.1, 0.15) is 18.4 Å². The minimum absolute atomic E-state index is 0.00569. The van der Waals surface area contributed by atoms with Crippen molar-refractivity contribution >= 4 is 31.3 Å². The molecule has 0 aromatic heterocycles. The monoisotopic (exact) mass is 324 g/mol. The number of hydrogen-bond donors (Lipinski definition) is 0. The molecular formula is C12H14Cl2O4S. The Morgan fingerprint density at radius 1 is 1.42 bits per heavy atom. The fraction of sp³-hybridized carbons (Fsp3) is 0.500. The van der Waals surface area contributed by atoms with Crippen LogP contribution in [0.2, 0.25) is 5.02 Å². The van der Waals surface area contributed by atoms with Gasteiger partial charge in [-0.15, -0.1) is 0 Å². The maximum atomic E-state index is 11.0. The van der Waals surface area contributed by atoms with Crippen LogP contribution in [0.4, 0.5) is 0 Å². The molecule has 1 heterocycles. The molecule has 19 heavy (non-hydrogen) atoms. The van der Waals surface area contributed by atoms with Gasteiger partial charge in [-0.2, -0.15) is 0 Å². The first kappa shape index (κ1) is 14.9. The zero-order valence-electron chi connectivity index (χ0n) is 10.1. The van der Waals surface area contributed by atoms with Gasteiger partial charge in [0.15, 0.2) is 0 Å². The summed E-state index contributed by atoms with van der Waals surface area (Å²) < 4.78 is 33.0. The second-order valence-corrected chi connectivity index (χ2v) is 7.59. The van der Waals surface area contributed by atoms with Crippen molar-refractivity contribution in [1.29, 1.82) is 0 Å². The molecule has 2 rings (SSSR count). The molecular weight excluding hydrogens is 311 g/mol. The number of ether oxygens (including phenoxy) is 2. The van der Waals surface area contributed by atoms with Gasteiger partial charge in [0, 0.05) is 17.3 Å². The number of rotatable bonds is 4. The summed E-state index contributed by atoms with van der Waals surface area (Å²) in [6.45, 7) is 1.31. The molecule has 1 aromatic carbocycles. The van der Waals surface area contributed by atoms with E-state index in [0.717, 1.165) is 19.4 Å². The van der Waals surface area contributed by atoms with E-state index in [1.807, 2.05) is 0 Å². The third-order valence-corrected chi connectivity index (χ3v) is 4.05. The SMILES string of the molecule is O=S(=O)(Cl)Cc1ccc(OC2CCCOC2)c(Cl)c1. The van der Waals surface area contributed by atoms with Gasteiger partial charge in [0.2, 0.25) is 9.05 Å². The predicted octanol–water partition coefficient (Wildman–Crippen LogP) is 2.97. The van der Waals surface area contributed by atoms with Crippen LogP contribution in [0.3, 0.4) is 0 Å². The van der Waals surface area contributed by atoms with E-state index < -0.39 is 9.05 Å². The first-order valence-electron chi connectivity index (χ1n) is 5.89. The number of benzene rings is 1. The van der Waals surface area contributed by atoms with Gasteiger partial charge in [0.1, 0.15) is 11.9 Å². The first-order valence-corrected chi connectivity index (χ1v) is 8.75. The van der Waals surface area contributed by atoms with Crippen molar-refractivity contribution < 1.29 is 17.9 Å². The van der Waals surface area contributed by atoms with E-state index in [1.54, 1.807) is 18.2 Å². The Balaban J connectivity index is 2.06. The van der Waals surface area contributed by atoms with Crippen LogP contribution in [-0.2, 0) is 19.5 Å². The Labute approximate surface area is 122 Å². The van der Waals surface area contributed by atoms with E-state index in [-0.39, 0.29) is 11.9 Å². The maximum absolute atomic E-state index is 11.0. The summed E-state index contributed by atoms with van der Waals surface area (Å²) in [7, 11) is 1.62. The third kappa shape index (κ3) is 4.84. The van der Waals surface area contributed by atoms with Crippen LogP contribution in [-0.4, -0.2) is 27.7 Å². The van der Waals surface area contributed by atoms with Crippen molar-refractivity contribution in [3.8, 4) is 5.75 Å². The van der Waals surface area contributed by atoms with Crippen molar-refractivity contribution in [2.45, 2.75) is 24.7 Å². The Morgan fingerprint density at radius 3 is 2.79 bits per heavy atom. The molecule has 1 atom stereocenters. The largest absolute Gasteiger partial charge is 0.486 e. The second-order valence-electron chi connectivity index (χ2n) is 4.40. The smallest absolute Gasteiger partial charge is 0.236 e. The molecule has 1 unspecified atom stereocenters. The Bertz CT molecular complexity index is 539. The fourth-order valence-electron chi connectivity index (χ4n) is 1.91. The molecule has 0 aliphatic carbocycles. The van der Waals surface area contributed by atoms with Gasteiger partial charge in [-0.1, -0.05) is 17.7 Å². The van der Waals surface area contributed by atoms with Crippen LogP contribution >= 0.6 is 22.3 Å². The minimum Gasteiger partial charge on any atom is -0.486 e. The van der Waals surface area contributed by atoms with E-state index in [1.165, 1.54) is 0 Å². The predicted molar refractivity (Wildman–Crippen MR) is 74.4 cm³/mol. The molecule has 1 aliphatic rings. The summed E-state index contributed by atoms with van der Waals surface area (Å²) in [5.41, 5.74) is 0.534. The van der Waals surface area contributed by atoms with E-state index in [2.05, 4.69) is 0 Å². The Hall–Kier alpha value is -0.490. The molecule has 4 nitrogen and oxygen atoms in total. The molecule has 1 saturated heterocycles. The zero-order chi connectivity index (χ0) is 13.9. The van der Waals surface area contributed by atoms with Crippen LogP contribution in [0.15, 0.2) is 18.2 Å². The zero-order valence-corrected chi connectivity index (χ0v) is 12.5. The molecule has 1 fully saturated rings. The quantitative estimate of drug-likeness (QED) is 0.799. The summed E-state index contributed by atoms with van der Waals surface area (Å²) >= 11 is 6.07. The highest BCUT2D eigenvalue weighted by Gasteiger charge is 2.17. The lowest BCUT2D eigenvalue weighted by Gasteiger charge is -2.23. The molecule has 1 aliphatic heterocycles. The molecule has 0 bridgehead atoms. The summed E-state index contributed by atoms with van der Waals surface area (Å²) in [4.78, 5) is 0. The van der Waals surface area contributed by atoms with E-state index >= 15 is 0 Å². The Kier molecular flexibility index (Phi) is 4.95. The van der Waals surface area contributed by atoms with Gasteiger partial charge in [0.25, 0.3) is 0 Å². The van der Waals surface area contributed by atoms with Gasteiger partial charge in [-0.3, -0.25) is 0 Å². The standard InChI is InChI=1S/C12H14Cl2O4S/c13-11-6-9(8-19(14,15)16)3-4-12(11)18-10-2-1-5-17-7-10/h3-4,6,10H,1-2,5,7-8H2. The van der Waals surface area contributed by atoms with Crippen molar-refractivity contribution in [1.82, 2.24) is 0 Å². The molecule has 0 amide bonds. The molecule has 0 saturated carbocycles. The molecule has 106 valence electrons. The lowest BCUT2D eigenvalue weighted by atomic mass is 10.1. The summed E-state index contributed by atoms with van der Waals surface area (Å²) in [6.07, 6.45) is 1.88. The highest BCUT2D eigenvalue weighted by molar-refractivity contribution is 8.13. The van der Waals surface area contributed by atoms with Crippen molar-refractivity contribution in [2.75, 3.05) is 13.2 Å². The topological polar surface area (TPSA) is 52.6 Å². The van der Waals surface area contributed by atoms with Gasteiger partial charge < -0.3 is 9.47 Å². The summed E-state index contributed by atoms with van der Waals surface area (Å²) in [6, 6.07) is 4.86. The van der Waals surface area contributed by atoms with Crippen LogP contribution < -0.4 is 4.74 Å². The van der Waals surface area contributed by atoms with Gasteiger partial charge >= 0.3 is 0 Å². The van der Waals surface area contributed by atoms with Crippen molar-refractivity contribution in [3.63, 3.8) is 0 Å². The lowest BCUT2D eigenvalue weighted by molar-refractivity contribution is 0.00747. The summed E-state index contributed by atoms with van der Waals surface area (Å²) in [5, 5.41) is 0.378. The van der Waals surface area contributed by atoms with E-state index in [4.69, 9.17) is 31.8 Å². The number of halogens is 2. The van der Waals surface area contributed by atoms with E-state index in [9.17, 15) is 8.42 Å². The Morgan fingerprint density at radius 2 is 2.21 bits per heavy atom. The van der Waals surface area contributed by atoms with Crippen molar-refractivity contribution in [2.24, 2.45) is 0 Å². The van der Waals surface area contributed by atoms with Crippen LogP contribution in [0.25, 0.3) is 0 Å². The highest BCUT2D eigenvalue weighted by atomic mass is 35.7. The van der Waals surface area contributed by atoms with Gasteiger partial charge in [-0.05, 0) is 30.5 Å². The maximum Gasteiger partial charge on any atom is 0.236 e. The third-order valence-electron chi connectivity index (χ3n) is 2.75. The van der Waals surface area contributed by atoms with Crippen LogP contribution in [0.5, 0.6) is 5.75 Å².